The van der Waals surface area contributed by atoms with Gasteiger partial charge in [-0.3, -0.25) is 4.79 Å². The number of rotatable bonds is 10. The summed E-state index contributed by atoms with van der Waals surface area (Å²) in [6.07, 6.45) is 0. The molecular formula is C28H25NO4. The van der Waals surface area contributed by atoms with E-state index in [-0.39, 0.29) is 5.91 Å². The Kier molecular flexibility index (Phi) is 7.58. The summed E-state index contributed by atoms with van der Waals surface area (Å²) in [5, 5.41) is 2.91. The Hall–Kier alpha value is -4.25. The molecule has 0 fully saturated rings. The van der Waals surface area contributed by atoms with Crippen LogP contribution in [0.3, 0.4) is 0 Å². The summed E-state index contributed by atoms with van der Waals surface area (Å²) in [5.74, 6) is 1.87. The molecule has 0 aromatic heterocycles. The van der Waals surface area contributed by atoms with Crippen LogP contribution in [-0.2, 0) is 6.61 Å². The molecule has 0 spiro atoms. The molecule has 0 saturated carbocycles. The van der Waals surface area contributed by atoms with Gasteiger partial charge in [-0.15, -0.1) is 0 Å². The fourth-order valence-electron chi connectivity index (χ4n) is 3.17. The zero-order valence-corrected chi connectivity index (χ0v) is 18.1. The van der Waals surface area contributed by atoms with Gasteiger partial charge in [0.15, 0.2) is 0 Å². The molecule has 4 aromatic rings. The Balaban J connectivity index is 1.29. The first-order chi connectivity index (χ1) is 16.3. The van der Waals surface area contributed by atoms with E-state index in [1.807, 2.05) is 91.0 Å². The number of amides is 1. The minimum Gasteiger partial charge on any atom is -0.490 e. The molecule has 0 aliphatic carbocycles. The number of hydrogen-bond donors (Lipinski definition) is 1. The lowest BCUT2D eigenvalue weighted by Gasteiger charge is -2.11. The van der Waals surface area contributed by atoms with Gasteiger partial charge in [-0.05, 0) is 48.0 Å². The molecule has 0 bridgehead atoms. The molecule has 1 amide bonds. The molecular weight excluding hydrogens is 414 g/mol. The van der Waals surface area contributed by atoms with Crippen LogP contribution in [-0.4, -0.2) is 19.1 Å². The zero-order chi connectivity index (χ0) is 22.7. The highest BCUT2D eigenvalue weighted by Gasteiger charge is 2.08. The van der Waals surface area contributed by atoms with E-state index >= 15 is 0 Å². The monoisotopic (exact) mass is 439 g/mol. The number of benzene rings is 4. The third-order valence-electron chi connectivity index (χ3n) is 4.80. The maximum atomic E-state index is 12.7. The van der Waals surface area contributed by atoms with Crippen molar-refractivity contribution in [2.24, 2.45) is 0 Å². The van der Waals surface area contributed by atoms with Gasteiger partial charge < -0.3 is 19.5 Å². The van der Waals surface area contributed by atoms with Crippen molar-refractivity contribution in [2.75, 3.05) is 18.5 Å². The van der Waals surface area contributed by atoms with Gasteiger partial charge in [0.2, 0.25) is 0 Å². The molecule has 4 rings (SSSR count). The summed E-state index contributed by atoms with van der Waals surface area (Å²) in [6.45, 7) is 1.25. The van der Waals surface area contributed by atoms with Gasteiger partial charge in [0.25, 0.3) is 5.91 Å². The molecule has 1 N–H and O–H groups in total. The fourth-order valence-corrected chi connectivity index (χ4v) is 3.17. The second-order valence-corrected chi connectivity index (χ2v) is 7.29. The quantitative estimate of drug-likeness (QED) is 0.309. The first kappa shape index (κ1) is 22.0. The first-order valence-corrected chi connectivity index (χ1v) is 10.8. The molecule has 33 heavy (non-hydrogen) atoms. The number of carbonyl (C=O) groups excluding carboxylic acids is 1. The minimum absolute atomic E-state index is 0.221. The van der Waals surface area contributed by atoms with E-state index in [1.54, 1.807) is 18.2 Å². The number of nitrogens with one attached hydrogen (secondary N) is 1. The summed E-state index contributed by atoms with van der Waals surface area (Å²) >= 11 is 0. The van der Waals surface area contributed by atoms with Crippen molar-refractivity contribution in [3.05, 3.63) is 120 Å². The fraction of sp³-hybridized carbons (Fsp3) is 0.107. The highest BCUT2D eigenvalue weighted by atomic mass is 16.5. The molecule has 0 saturated heterocycles. The summed E-state index contributed by atoms with van der Waals surface area (Å²) in [7, 11) is 0. The van der Waals surface area contributed by atoms with E-state index in [0.717, 1.165) is 11.3 Å². The third kappa shape index (κ3) is 6.87. The molecule has 0 atom stereocenters. The highest BCUT2D eigenvalue weighted by molar-refractivity contribution is 6.04. The molecule has 0 aliphatic heterocycles. The topological polar surface area (TPSA) is 56.8 Å². The van der Waals surface area contributed by atoms with Crippen LogP contribution in [0.1, 0.15) is 15.9 Å². The van der Waals surface area contributed by atoms with Crippen LogP contribution in [0.2, 0.25) is 0 Å². The predicted octanol–water partition coefficient (Wildman–Crippen LogP) is 5.98. The van der Waals surface area contributed by atoms with Gasteiger partial charge in [0.1, 0.15) is 37.1 Å². The predicted molar refractivity (Wildman–Crippen MR) is 129 cm³/mol. The smallest absolute Gasteiger partial charge is 0.255 e. The van der Waals surface area contributed by atoms with E-state index in [2.05, 4.69) is 5.32 Å². The summed E-state index contributed by atoms with van der Waals surface area (Å²) in [4.78, 5) is 12.7. The molecule has 0 aliphatic rings. The van der Waals surface area contributed by atoms with Gasteiger partial charge in [0, 0.05) is 17.3 Å². The summed E-state index contributed by atoms with van der Waals surface area (Å²) in [6, 6.07) is 33.9. The second-order valence-electron chi connectivity index (χ2n) is 7.29. The lowest BCUT2D eigenvalue weighted by Crippen LogP contribution is -2.13. The SMILES string of the molecule is O=C(Nc1cccc(OCc2ccccc2)c1)c1cccc(OCCOc2ccccc2)c1. The van der Waals surface area contributed by atoms with Crippen molar-refractivity contribution >= 4 is 11.6 Å². The molecule has 5 nitrogen and oxygen atoms in total. The Bertz CT molecular complexity index is 1160. The number of anilines is 1. The van der Waals surface area contributed by atoms with Gasteiger partial charge in [-0.25, -0.2) is 0 Å². The third-order valence-corrected chi connectivity index (χ3v) is 4.80. The van der Waals surface area contributed by atoms with Crippen LogP contribution in [0.4, 0.5) is 5.69 Å². The molecule has 4 aromatic carbocycles. The van der Waals surface area contributed by atoms with Gasteiger partial charge in [0.05, 0.1) is 0 Å². The highest BCUT2D eigenvalue weighted by Crippen LogP contribution is 2.20. The van der Waals surface area contributed by atoms with Crippen LogP contribution < -0.4 is 19.5 Å². The number of ether oxygens (including phenoxy) is 3. The Morgan fingerprint density at radius 1 is 0.606 bits per heavy atom. The minimum atomic E-state index is -0.221. The summed E-state index contributed by atoms with van der Waals surface area (Å²) in [5.41, 5.74) is 2.25. The average Bonchev–Trinajstić information content (AvgIpc) is 2.87. The van der Waals surface area contributed by atoms with Gasteiger partial charge >= 0.3 is 0 Å². The Morgan fingerprint density at radius 3 is 1.97 bits per heavy atom. The standard InChI is InChI=1S/C28H25NO4/c30-28(29-24-12-8-16-27(20-24)33-21-22-9-3-1-4-10-22)23-11-7-15-26(19-23)32-18-17-31-25-13-5-2-6-14-25/h1-16,19-20H,17-18,21H2,(H,29,30). The van der Waals surface area contributed by atoms with Crippen LogP contribution in [0, 0.1) is 0 Å². The number of para-hydroxylation sites is 1. The van der Waals surface area contributed by atoms with Crippen molar-refractivity contribution in [1.29, 1.82) is 0 Å². The van der Waals surface area contributed by atoms with Gasteiger partial charge in [-0.2, -0.15) is 0 Å². The van der Waals surface area contributed by atoms with Crippen molar-refractivity contribution in [3.63, 3.8) is 0 Å². The molecule has 0 unspecified atom stereocenters. The lowest BCUT2D eigenvalue weighted by molar-refractivity contribution is 0.102. The van der Waals surface area contributed by atoms with E-state index < -0.39 is 0 Å². The maximum Gasteiger partial charge on any atom is 0.255 e. The zero-order valence-electron chi connectivity index (χ0n) is 18.1. The van der Waals surface area contributed by atoms with Crippen LogP contribution in [0.15, 0.2) is 109 Å². The van der Waals surface area contributed by atoms with Crippen molar-refractivity contribution in [2.45, 2.75) is 6.61 Å². The van der Waals surface area contributed by atoms with E-state index in [1.165, 1.54) is 0 Å². The van der Waals surface area contributed by atoms with Crippen LogP contribution in [0.25, 0.3) is 0 Å². The van der Waals surface area contributed by atoms with E-state index in [9.17, 15) is 4.79 Å². The molecule has 5 heteroatoms. The average molecular weight is 440 g/mol. The normalized spacial score (nSPS) is 10.3. The Morgan fingerprint density at radius 2 is 1.21 bits per heavy atom. The Labute approximate surface area is 193 Å². The molecule has 166 valence electrons. The van der Waals surface area contributed by atoms with E-state index in [0.29, 0.717) is 42.6 Å². The largest absolute Gasteiger partial charge is 0.490 e. The van der Waals surface area contributed by atoms with Crippen molar-refractivity contribution in [1.82, 2.24) is 0 Å². The maximum absolute atomic E-state index is 12.7. The van der Waals surface area contributed by atoms with Crippen molar-refractivity contribution in [3.8, 4) is 17.2 Å². The van der Waals surface area contributed by atoms with Crippen LogP contribution >= 0.6 is 0 Å². The van der Waals surface area contributed by atoms with Crippen LogP contribution in [0.5, 0.6) is 17.2 Å². The number of hydrogen-bond acceptors (Lipinski definition) is 4. The molecule has 0 heterocycles. The second kappa shape index (κ2) is 11.4. The summed E-state index contributed by atoms with van der Waals surface area (Å²) < 4.78 is 17.2. The van der Waals surface area contributed by atoms with Gasteiger partial charge in [-0.1, -0.05) is 60.7 Å². The van der Waals surface area contributed by atoms with Crippen molar-refractivity contribution < 1.29 is 19.0 Å². The number of carbonyl (C=O) groups is 1. The first-order valence-electron chi connectivity index (χ1n) is 10.8. The lowest BCUT2D eigenvalue weighted by atomic mass is 10.2. The van der Waals surface area contributed by atoms with E-state index in [4.69, 9.17) is 14.2 Å². The molecule has 0 radical (unpaired) electrons.